The lowest BCUT2D eigenvalue weighted by atomic mass is 10.1. The van der Waals surface area contributed by atoms with Gasteiger partial charge in [-0.25, -0.2) is 21.9 Å². The average Bonchev–Trinajstić information content (AvgIpc) is 2.26. The Morgan fingerprint density at radius 3 is 2.33 bits per heavy atom. The van der Waals surface area contributed by atoms with Crippen LogP contribution in [0.15, 0.2) is 29.2 Å². The molecule has 4 nitrogen and oxygen atoms in total. The number of thiocarbonyl (C=S) groups is 1. The van der Waals surface area contributed by atoms with E-state index in [1.165, 1.54) is 24.3 Å². The van der Waals surface area contributed by atoms with Crippen LogP contribution >= 0.6 is 12.2 Å². The molecule has 0 aliphatic rings. The van der Waals surface area contributed by atoms with Gasteiger partial charge in [0.05, 0.1) is 16.4 Å². The number of rotatable bonds is 6. The van der Waals surface area contributed by atoms with Crippen molar-refractivity contribution in [3.05, 3.63) is 29.8 Å². The summed E-state index contributed by atoms with van der Waals surface area (Å²) < 4.78 is 48.8. The van der Waals surface area contributed by atoms with Crippen molar-refractivity contribution in [2.75, 3.05) is 6.54 Å². The Hall–Kier alpha value is -1.12. The maximum Gasteiger partial charge on any atom is 0.251 e. The predicted molar refractivity (Wildman–Crippen MR) is 68.1 cm³/mol. The third-order valence-electron chi connectivity index (χ3n) is 2.04. The summed E-state index contributed by atoms with van der Waals surface area (Å²) in [6.45, 7) is -0.906. The molecule has 3 N–H and O–H groups in total. The van der Waals surface area contributed by atoms with Gasteiger partial charge in [-0.05, 0) is 17.7 Å². The van der Waals surface area contributed by atoms with E-state index < -0.39 is 23.0 Å². The van der Waals surface area contributed by atoms with Crippen molar-refractivity contribution in [2.45, 2.75) is 17.7 Å². The molecule has 0 aromatic heterocycles. The Labute approximate surface area is 109 Å². The molecule has 0 aliphatic carbocycles. The molecule has 0 aliphatic heterocycles. The molecular formula is C10H12F2N2O2S2. The smallest absolute Gasteiger partial charge is 0.251 e. The highest BCUT2D eigenvalue weighted by Gasteiger charge is 2.15. The molecule has 0 bridgehead atoms. The first kappa shape index (κ1) is 14.9. The largest absolute Gasteiger partial charge is 0.393 e. The summed E-state index contributed by atoms with van der Waals surface area (Å²) in [6.07, 6.45) is -2.37. The second-order valence-electron chi connectivity index (χ2n) is 3.53. The van der Waals surface area contributed by atoms with Gasteiger partial charge >= 0.3 is 0 Å². The molecule has 1 aromatic carbocycles. The quantitative estimate of drug-likeness (QED) is 0.770. The molecule has 1 rings (SSSR count). The van der Waals surface area contributed by atoms with Gasteiger partial charge in [0.2, 0.25) is 10.0 Å². The maximum atomic E-state index is 11.9. The zero-order valence-electron chi connectivity index (χ0n) is 9.27. The Kier molecular flexibility index (Phi) is 5.12. The normalized spacial score (nSPS) is 11.7. The summed E-state index contributed by atoms with van der Waals surface area (Å²) in [6, 6.07) is 5.72. The van der Waals surface area contributed by atoms with Gasteiger partial charge < -0.3 is 5.73 Å². The summed E-state index contributed by atoms with van der Waals surface area (Å²) >= 11 is 4.72. The summed E-state index contributed by atoms with van der Waals surface area (Å²) in [5, 5.41) is 0. The molecular weight excluding hydrogens is 282 g/mol. The molecule has 0 unspecified atom stereocenters. The van der Waals surface area contributed by atoms with Crippen LogP contribution in [0.25, 0.3) is 0 Å². The van der Waals surface area contributed by atoms with Crippen molar-refractivity contribution in [1.82, 2.24) is 4.72 Å². The van der Waals surface area contributed by atoms with E-state index >= 15 is 0 Å². The minimum atomic E-state index is -3.89. The lowest BCUT2D eigenvalue weighted by Crippen LogP contribution is -2.28. The SMILES string of the molecule is NC(=S)Cc1ccc(S(=O)(=O)NCC(F)F)cc1. The molecule has 0 radical (unpaired) electrons. The van der Waals surface area contributed by atoms with Crippen molar-refractivity contribution in [3.63, 3.8) is 0 Å². The van der Waals surface area contributed by atoms with Crippen LogP contribution in [0.4, 0.5) is 8.78 Å². The molecule has 0 amide bonds. The molecule has 1 aromatic rings. The fourth-order valence-corrected chi connectivity index (χ4v) is 2.42. The molecule has 18 heavy (non-hydrogen) atoms. The van der Waals surface area contributed by atoms with Crippen LogP contribution in [0, 0.1) is 0 Å². The zero-order chi connectivity index (χ0) is 13.8. The summed E-state index contributed by atoms with van der Waals surface area (Å²) in [5.41, 5.74) is 6.11. The molecule has 0 spiro atoms. The van der Waals surface area contributed by atoms with Crippen LogP contribution in [0.3, 0.4) is 0 Å². The van der Waals surface area contributed by atoms with Gasteiger partial charge in [-0.2, -0.15) is 0 Å². The summed E-state index contributed by atoms with van der Waals surface area (Å²) in [5.74, 6) is 0. The van der Waals surface area contributed by atoms with Crippen LogP contribution < -0.4 is 10.5 Å². The first-order chi connectivity index (χ1) is 8.31. The zero-order valence-corrected chi connectivity index (χ0v) is 10.9. The number of alkyl halides is 2. The van der Waals surface area contributed by atoms with Gasteiger partial charge in [0, 0.05) is 6.42 Å². The van der Waals surface area contributed by atoms with Gasteiger partial charge in [0.1, 0.15) is 0 Å². The van der Waals surface area contributed by atoms with E-state index in [0.717, 1.165) is 5.56 Å². The van der Waals surface area contributed by atoms with Gasteiger partial charge in [0.15, 0.2) is 0 Å². The van der Waals surface area contributed by atoms with Crippen molar-refractivity contribution in [3.8, 4) is 0 Å². The molecule has 100 valence electrons. The third-order valence-corrected chi connectivity index (χ3v) is 3.62. The highest BCUT2D eigenvalue weighted by atomic mass is 32.2. The van der Waals surface area contributed by atoms with E-state index in [-0.39, 0.29) is 4.90 Å². The van der Waals surface area contributed by atoms with Crippen LogP contribution in [0.1, 0.15) is 5.56 Å². The maximum absolute atomic E-state index is 11.9. The number of nitrogens with one attached hydrogen (secondary N) is 1. The number of halogens is 2. The van der Waals surface area contributed by atoms with E-state index in [9.17, 15) is 17.2 Å². The Morgan fingerprint density at radius 1 is 1.33 bits per heavy atom. The van der Waals surface area contributed by atoms with E-state index in [2.05, 4.69) is 0 Å². The molecule has 0 heterocycles. The van der Waals surface area contributed by atoms with Gasteiger partial charge in [-0.1, -0.05) is 24.4 Å². The Balaban J connectivity index is 2.81. The molecule has 0 atom stereocenters. The number of hydrogen-bond acceptors (Lipinski definition) is 3. The first-order valence-electron chi connectivity index (χ1n) is 4.96. The second-order valence-corrected chi connectivity index (χ2v) is 5.82. The molecule has 0 saturated carbocycles. The predicted octanol–water partition coefficient (Wildman–Crippen LogP) is 1.06. The summed E-state index contributed by atoms with van der Waals surface area (Å²) in [7, 11) is -3.89. The van der Waals surface area contributed by atoms with E-state index in [1.54, 1.807) is 4.72 Å². The van der Waals surface area contributed by atoms with E-state index in [4.69, 9.17) is 18.0 Å². The van der Waals surface area contributed by atoms with Crippen LogP contribution in [0.5, 0.6) is 0 Å². The van der Waals surface area contributed by atoms with Crippen LogP contribution in [-0.2, 0) is 16.4 Å². The number of nitrogens with two attached hydrogens (primary N) is 1. The van der Waals surface area contributed by atoms with Gasteiger partial charge in [0.25, 0.3) is 6.43 Å². The average molecular weight is 294 g/mol. The topological polar surface area (TPSA) is 72.2 Å². The van der Waals surface area contributed by atoms with E-state index in [1.807, 2.05) is 0 Å². The molecule has 0 saturated heterocycles. The van der Waals surface area contributed by atoms with Crippen LogP contribution in [0.2, 0.25) is 0 Å². The lowest BCUT2D eigenvalue weighted by molar-refractivity contribution is 0.153. The van der Waals surface area contributed by atoms with Crippen molar-refractivity contribution >= 4 is 27.2 Å². The number of hydrogen-bond donors (Lipinski definition) is 2. The summed E-state index contributed by atoms with van der Waals surface area (Å²) in [4.78, 5) is 0.219. The highest BCUT2D eigenvalue weighted by Crippen LogP contribution is 2.11. The standard InChI is InChI=1S/C10H12F2N2O2S2/c11-9(12)6-14-18(15,16)8-3-1-7(2-4-8)5-10(13)17/h1-4,9,14H,5-6H2,(H2,13,17). The first-order valence-corrected chi connectivity index (χ1v) is 6.85. The van der Waals surface area contributed by atoms with Crippen molar-refractivity contribution in [2.24, 2.45) is 5.73 Å². The fourth-order valence-electron chi connectivity index (χ4n) is 1.24. The molecule has 8 heteroatoms. The van der Waals surface area contributed by atoms with Gasteiger partial charge in [-0.15, -0.1) is 0 Å². The minimum Gasteiger partial charge on any atom is -0.393 e. The molecule has 0 fully saturated rings. The second kappa shape index (κ2) is 6.17. The lowest BCUT2D eigenvalue weighted by Gasteiger charge is -2.07. The van der Waals surface area contributed by atoms with Crippen LogP contribution in [-0.4, -0.2) is 26.4 Å². The number of sulfonamides is 1. The van der Waals surface area contributed by atoms with E-state index in [0.29, 0.717) is 11.4 Å². The van der Waals surface area contributed by atoms with Crippen molar-refractivity contribution in [1.29, 1.82) is 0 Å². The van der Waals surface area contributed by atoms with Crippen molar-refractivity contribution < 1.29 is 17.2 Å². The monoisotopic (exact) mass is 294 g/mol. The van der Waals surface area contributed by atoms with Gasteiger partial charge in [-0.3, -0.25) is 0 Å². The number of benzene rings is 1. The highest BCUT2D eigenvalue weighted by molar-refractivity contribution is 7.89. The Morgan fingerprint density at radius 2 is 1.89 bits per heavy atom. The Bertz CT molecular complexity index is 515. The third kappa shape index (κ3) is 4.63. The fraction of sp³-hybridized carbons (Fsp3) is 0.300. The minimum absolute atomic E-state index is 0.0742.